The van der Waals surface area contributed by atoms with Crippen molar-refractivity contribution in [1.82, 2.24) is 4.90 Å². The lowest BCUT2D eigenvalue weighted by Gasteiger charge is -2.26. The molecule has 1 rings (SSSR count). The maximum absolute atomic E-state index is 13.4. The molecule has 0 bridgehead atoms. The summed E-state index contributed by atoms with van der Waals surface area (Å²) in [5.74, 6) is -0.776. The number of hydrogen-bond donors (Lipinski definition) is 0. The molecule has 0 aliphatic rings. The van der Waals surface area contributed by atoms with Crippen LogP contribution >= 0.6 is 0 Å². The molecular weight excluding hydrogens is 235 g/mol. The molecule has 4 nitrogen and oxygen atoms in total. The standard InChI is InChI=1S/C13H19FN2O2/c1-13(2,3)9-15(4)8-10-5-6-12(16(17)18)11(14)7-10/h5-7H,8-9H2,1-4H3. The van der Waals surface area contributed by atoms with Crippen molar-refractivity contribution in [3.63, 3.8) is 0 Å². The molecule has 1 aromatic rings. The van der Waals surface area contributed by atoms with Gasteiger partial charge in [-0.05, 0) is 24.1 Å². The molecule has 0 aliphatic heterocycles. The number of rotatable bonds is 4. The van der Waals surface area contributed by atoms with Gasteiger partial charge in [-0.25, -0.2) is 0 Å². The Morgan fingerprint density at radius 1 is 1.39 bits per heavy atom. The Morgan fingerprint density at radius 3 is 2.44 bits per heavy atom. The number of benzene rings is 1. The van der Waals surface area contributed by atoms with Crippen LogP contribution in [0.1, 0.15) is 26.3 Å². The molecule has 18 heavy (non-hydrogen) atoms. The van der Waals surface area contributed by atoms with Gasteiger partial charge in [-0.3, -0.25) is 10.1 Å². The van der Waals surface area contributed by atoms with Crippen LogP contribution in [0.2, 0.25) is 0 Å². The van der Waals surface area contributed by atoms with E-state index >= 15 is 0 Å². The van der Waals surface area contributed by atoms with E-state index < -0.39 is 16.4 Å². The number of halogens is 1. The molecule has 0 radical (unpaired) electrons. The Kier molecular flexibility index (Phi) is 4.40. The molecule has 0 aliphatic carbocycles. The van der Waals surface area contributed by atoms with Crippen LogP contribution in [0.5, 0.6) is 0 Å². The van der Waals surface area contributed by atoms with Gasteiger partial charge in [0.2, 0.25) is 5.82 Å². The molecule has 0 saturated carbocycles. The Morgan fingerprint density at radius 2 is 2.00 bits per heavy atom. The van der Waals surface area contributed by atoms with E-state index in [0.717, 1.165) is 12.1 Å². The molecular formula is C13H19FN2O2. The predicted octanol–water partition coefficient (Wildman–Crippen LogP) is 3.21. The molecule has 0 fully saturated rings. The van der Waals surface area contributed by atoms with Gasteiger partial charge in [-0.1, -0.05) is 26.8 Å². The van der Waals surface area contributed by atoms with E-state index in [9.17, 15) is 14.5 Å². The molecule has 5 heteroatoms. The maximum atomic E-state index is 13.4. The van der Waals surface area contributed by atoms with Gasteiger partial charge in [0, 0.05) is 19.2 Å². The van der Waals surface area contributed by atoms with Crippen molar-refractivity contribution in [2.24, 2.45) is 5.41 Å². The minimum absolute atomic E-state index is 0.161. The predicted molar refractivity (Wildman–Crippen MR) is 68.8 cm³/mol. The topological polar surface area (TPSA) is 46.4 Å². The van der Waals surface area contributed by atoms with Gasteiger partial charge in [0.05, 0.1) is 4.92 Å². The number of nitro groups is 1. The molecule has 0 atom stereocenters. The van der Waals surface area contributed by atoms with Crippen LogP contribution in [0.15, 0.2) is 18.2 Å². The van der Waals surface area contributed by atoms with Crippen molar-refractivity contribution < 1.29 is 9.31 Å². The molecule has 0 N–H and O–H groups in total. The molecule has 0 unspecified atom stereocenters. The van der Waals surface area contributed by atoms with Gasteiger partial charge < -0.3 is 4.90 Å². The highest BCUT2D eigenvalue weighted by atomic mass is 19.1. The van der Waals surface area contributed by atoms with Crippen molar-refractivity contribution in [1.29, 1.82) is 0 Å². The number of nitro benzene ring substituents is 1. The SMILES string of the molecule is CN(Cc1ccc([N+](=O)[O-])c(F)c1)CC(C)(C)C. The van der Waals surface area contributed by atoms with Crippen LogP contribution in [0, 0.1) is 21.3 Å². The zero-order chi connectivity index (χ0) is 13.9. The van der Waals surface area contributed by atoms with E-state index in [1.807, 2.05) is 7.05 Å². The van der Waals surface area contributed by atoms with Crippen LogP contribution in [-0.4, -0.2) is 23.4 Å². The van der Waals surface area contributed by atoms with E-state index in [2.05, 4.69) is 25.7 Å². The second-order valence-electron chi connectivity index (χ2n) is 5.78. The molecule has 0 spiro atoms. The largest absolute Gasteiger partial charge is 0.304 e. The summed E-state index contributed by atoms with van der Waals surface area (Å²) in [6.45, 7) is 7.82. The Hall–Kier alpha value is -1.49. The van der Waals surface area contributed by atoms with Gasteiger partial charge in [0.25, 0.3) is 0 Å². The lowest BCUT2D eigenvalue weighted by atomic mass is 9.96. The fraction of sp³-hybridized carbons (Fsp3) is 0.538. The lowest BCUT2D eigenvalue weighted by Crippen LogP contribution is -2.28. The second kappa shape index (κ2) is 5.44. The Bertz CT molecular complexity index is 441. The first-order chi connectivity index (χ1) is 8.19. The molecule has 1 aromatic carbocycles. The normalized spacial score (nSPS) is 11.9. The van der Waals surface area contributed by atoms with E-state index in [1.54, 1.807) is 6.07 Å². The highest BCUT2D eigenvalue weighted by molar-refractivity contribution is 5.34. The number of hydrogen-bond acceptors (Lipinski definition) is 3. The third kappa shape index (κ3) is 4.41. The first-order valence-electron chi connectivity index (χ1n) is 5.80. The van der Waals surface area contributed by atoms with Gasteiger partial charge in [-0.15, -0.1) is 0 Å². The van der Waals surface area contributed by atoms with Crippen LogP contribution in [0.4, 0.5) is 10.1 Å². The average molecular weight is 254 g/mol. The Labute approximate surface area is 107 Å². The zero-order valence-electron chi connectivity index (χ0n) is 11.2. The van der Waals surface area contributed by atoms with Crippen molar-refractivity contribution >= 4 is 5.69 Å². The summed E-state index contributed by atoms with van der Waals surface area (Å²) in [6.07, 6.45) is 0. The van der Waals surface area contributed by atoms with Crippen molar-refractivity contribution in [2.75, 3.05) is 13.6 Å². The minimum Gasteiger partial charge on any atom is -0.302 e. The summed E-state index contributed by atoms with van der Waals surface area (Å²) in [6, 6.07) is 4.05. The summed E-state index contributed by atoms with van der Waals surface area (Å²) < 4.78 is 13.4. The van der Waals surface area contributed by atoms with E-state index in [0.29, 0.717) is 6.54 Å². The van der Waals surface area contributed by atoms with Crippen LogP contribution in [0.3, 0.4) is 0 Å². The minimum atomic E-state index is -0.776. The van der Waals surface area contributed by atoms with E-state index in [-0.39, 0.29) is 5.41 Å². The smallest absolute Gasteiger partial charge is 0.302 e. The monoisotopic (exact) mass is 254 g/mol. The van der Waals surface area contributed by atoms with Gasteiger partial charge >= 0.3 is 5.69 Å². The third-order valence-corrected chi connectivity index (χ3v) is 2.41. The zero-order valence-corrected chi connectivity index (χ0v) is 11.2. The summed E-state index contributed by atoms with van der Waals surface area (Å²) in [4.78, 5) is 11.9. The number of nitrogens with zero attached hydrogens (tertiary/aromatic N) is 2. The fourth-order valence-corrected chi connectivity index (χ4v) is 1.97. The summed E-state index contributed by atoms with van der Waals surface area (Å²) in [5, 5.41) is 10.5. The van der Waals surface area contributed by atoms with Crippen LogP contribution in [-0.2, 0) is 6.54 Å². The Balaban J connectivity index is 2.75. The van der Waals surface area contributed by atoms with E-state index in [4.69, 9.17) is 0 Å². The van der Waals surface area contributed by atoms with Crippen molar-refractivity contribution in [2.45, 2.75) is 27.3 Å². The molecule has 0 heterocycles. The molecule has 0 saturated heterocycles. The first kappa shape index (κ1) is 14.6. The van der Waals surface area contributed by atoms with Crippen LogP contribution in [0.25, 0.3) is 0 Å². The van der Waals surface area contributed by atoms with Crippen molar-refractivity contribution in [3.8, 4) is 0 Å². The highest BCUT2D eigenvalue weighted by Crippen LogP contribution is 2.20. The fourth-order valence-electron chi connectivity index (χ4n) is 1.97. The molecule has 0 amide bonds. The highest BCUT2D eigenvalue weighted by Gasteiger charge is 2.16. The molecule has 0 aromatic heterocycles. The first-order valence-corrected chi connectivity index (χ1v) is 5.80. The molecule has 100 valence electrons. The third-order valence-electron chi connectivity index (χ3n) is 2.41. The van der Waals surface area contributed by atoms with Crippen LogP contribution < -0.4 is 0 Å². The summed E-state index contributed by atoms with van der Waals surface area (Å²) >= 11 is 0. The quantitative estimate of drug-likeness (QED) is 0.612. The van der Waals surface area contributed by atoms with Gasteiger partial charge in [-0.2, -0.15) is 4.39 Å². The van der Waals surface area contributed by atoms with Gasteiger partial charge in [0.15, 0.2) is 0 Å². The van der Waals surface area contributed by atoms with E-state index in [1.165, 1.54) is 12.1 Å². The second-order valence-corrected chi connectivity index (χ2v) is 5.78. The summed E-state index contributed by atoms with van der Waals surface area (Å²) in [7, 11) is 1.95. The summed E-state index contributed by atoms with van der Waals surface area (Å²) in [5.41, 5.74) is 0.427. The van der Waals surface area contributed by atoms with Crippen molar-refractivity contribution in [3.05, 3.63) is 39.7 Å². The lowest BCUT2D eigenvalue weighted by molar-refractivity contribution is -0.387. The maximum Gasteiger partial charge on any atom is 0.304 e. The average Bonchev–Trinajstić information content (AvgIpc) is 2.13. The van der Waals surface area contributed by atoms with Gasteiger partial charge in [0.1, 0.15) is 0 Å².